The molecule has 0 N–H and O–H groups in total. The summed E-state index contributed by atoms with van der Waals surface area (Å²) in [4.78, 5) is 0.162. The summed E-state index contributed by atoms with van der Waals surface area (Å²) in [6.07, 6.45) is -0.496. The minimum Gasteiger partial charge on any atom is -0.349 e. The topological polar surface area (TPSA) is 55.8 Å². The smallest absolute Gasteiger partial charge is 0.243 e. The molecule has 1 saturated heterocycles. The van der Waals surface area contributed by atoms with Gasteiger partial charge in [0.1, 0.15) is 0 Å². The molecular weight excluding hydrogens is 278 g/mol. The molecule has 0 bridgehead atoms. The van der Waals surface area contributed by atoms with Gasteiger partial charge in [0.25, 0.3) is 0 Å². The average Bonchev–Trinajstić information content (AvgIpc) is 2.81. The van der Waals surface area contributed by atoms with Gasteiger partial charge in [0.2, 0.25) is 10.0 Å². The number of rotatable bonds is 4. The first-order valence-corrected chi connectivity index (χ1v) is 7.27. The molecule has 1 aliphatic heterocycles. The second-order valence-electron chi connectivity index (χ2n) is 3.91. The van der Waals surface area contributed by atoms with E-state index in [9.17, 15) is 8.42 Å². The quantitative estimate of drug-likeness (QED) is 0.840. The van der Waals surface area contributed by atoms with Crippen LogP contribution in [0.5, 0.6) is 0 Å². The fraction of sp³-hybridized carbons (Fsp3) is 0.455. The number of halogens is 1. The van der Waals surface area contributed by atoms with E-state index >= 15 is 0 Å². The lowest BCUT2D eigenvalue weighted by atomic mass is 10.4. The fourth-order valence-electron chi connectivity index (χ4n) is 1.63. The van der Waals surface area contributed by atoms with E-state index in [1.54, 1.807) is 12.1 Å². The summed E-state index contributed by atoms with van der Waals surface area (Å²) in [7, 11) is -2.07. The van der Waals surface area contributed by atoms with Crippen LogP contribution in [0, 0.1) is 0 Å². The fourth-order valence-corrected chi connectivity index (χ4v) is 3.09. The Morgan fingerprint density at radius 1 is 1.39 bits per heavy atom. The van der Waals surface area contributed by atoms with Gasteiger partial charge in [-0.1, -0.05) is 17.7 Å². The maximum absolute atomic E-state index is 12.2. The molecule has 1 fully saturated rings. The van der Waals surface area contributed by atoms with Crippen molar-refractivity contribution in [1.29, 1.82) is 0 Å². The predicted molar refractivity (Wildman–Crippen MR) is 67.0 cm³/mol. The van der Waals surface area contributed by atoms with Crippen LogP contribution in [-0.4, -0.2) is 45.8 Å². The van der Waals surface area contributed by atoms with Crippen LogP contribution >= 0.6 is 11.6 Å². The third-order valence-corrected chi connectivity index (χ3v) is 4.66. The molecule has 0 aromatic heterocycles. The minimum absolute atomic E-state index is 0.162. The second kappa shape index (κ2) is 5.54. The van der Waals surface area contributed by atoms with E-state index in [1.807, 2.05) is 0 Å². The SMILES string of the molecule is CN(CC1OCCO1)S(=O)(=O)c1cccc(Cl)c1. The van der Waals surface area contributed by atoms with Gasteiger partial charge in [-0.15, -0.1) is 0 Å². The summed E-state index contributed by atoms with van der Waals surface area (Å²) in [6, 6.07) is 6.16. The molecule has 0 atom stereocenters. The molecule has 0 unspecified atom stereocenters. The van der Waals surface area contributed by atoms with Crippen molar-refractivity contribution >= 4 is 21.6 Å². The van der Waals surface area contributed by atoms with Gasteiger partial charge in [-0.2, -0.15) is 4.31 Å². The lowest BCUT2D eigenvalue weighted by molar-refractivity contribution is -0.0482. The Morgan fingerprint density at radius 2 is 2.06 bits per heavy atom. The maximum Gasteiger partial charge on any atom is 0.243 e. The number of sulfonamides is 1. The van der Waals surface area contributed by atoms with Crippen LogP contribution in [0.15, 0.2) is 29.2 Å². The molecule has 1 heterocycles. The van der Waals surface area contributed by atoms with Gasteiger partial charge in [-0.25, -0.2) is 8.42 Å². The van der Waals surface area contributed by atoms with Crippen molar-refractivity contribution in [2.45, 2.75) is 11.2 Å². The van der Waals surface area contributed by atoms with Crippen molar-refractivity contribution < 1.29 is 17.9 Å². The molecule has 0 saturated carbocycles. The van der Waals surface area contributed by atoms with Crippen molar-refractivity contribution in [3.8, 4) is 0 Å². The van der Waals surface area contributed by atoms with Crippen molar-refractivity contribution in [3.63, 3.8) is 0 Å². The molecule has 0 spiro atoms. The van der Waals surface area contributed by atoms with E-state index in [0.717, 1.165) is 0 Å². The van der Waals surface area contributed by atoms with Gasteiger partial charge in [0, 0.05) is 12.1 Å². The number of nitrogens with zero attached hydrogens (tertiary/aromatic N) is 1. The third kappa shape index (κ3) is 3.02. The van der Waals surface area contributed by atoms with Crippen LogP contribution in [0.2, 0.25) is 5.02 Å². The Kier molecular flexibility index (Phi) is 4.24. The molecule has 1 aliphatic rings. The van der Waals surface area contributed by atoms with E-state index in [-0.39, 0.29) is 11.4 Å². The summed E-state index contributed by atoms with van der Waals surface area (Å²) >= 11 is 5.79. The highest BCUT2D eigenvalue weighted by molar-refractivity contribution is 7.89. The van der Waals surface area contributed by atoms with E-state index in [1.165, 1.54) is 23.5 Å². The number of benzene rings is 1. The van der Waals surface area contributed by atoms with E-state index in [4.69, 9.17) is 21.1 Å². The van der Waals surface area contributed by atoms with Crippen LogP contribution in [0.25, 0.3) is 0 Å². The number of hydrogen-bond donors (Lipinski definition) is 0. The third-order valence-electron chi connectivity index (χ3n) is 2.60. The van der Waals surface area contributed by atoms with Crippen molar-refractivity contribution in [1.82, 2.24) is 4.31 Å². The predicted octanol–water partition coefficient (Wildman–Crippen LogP) is 1.33. The zero-order chi connectivity index (χ0) is 13.2. The zero-order valence-corrected chi connectivity index (χ0v) is 11.4. The molecule has 0 aliphatic carbocycles. The van der Waals surface area contributed by atoms with E-state index in [0.29, 0.717) is 18.2 Å². The summed E-state index contributed by atoms with van der Waals surface area (Å²) in [5.74, 6) is 0. The molecule has 5 nitrogen and oxygen atoms in total. The highest BCUT2D eigenvalue weighted by atomic mass is 35.5. The Bertz CT molecular complexity index is 514. The first-order chi connectivity index (χ1) is 8.50. The molecule has 1 aromatic carbocycles. The first kappa shape index (κ1) is 13.8. The van der Waals surface area contributed by atoms with Crippen LogP contribution in [-0.2, 0) is 19.5 Å². The molecule has 2 rings (SSSR count). The first-order valence-electron chi connectivity index (χ1n) is 5.45. The van der Waals surface area contributed by atoms with Crippen molar-refractivity contribution in [2.75, 3.05) is 26.8 Å². The van der Waals surface area contributed by atoms with Crippen LogP contribution in [0.1, 0.15) is 0 Å². The molecule has 0 radical (unpaired) electrons. The van der Waals surface area contributed by atoms with Gasteiger partial charge in [0.05, 0.1) is 24.7 Å². The normalized spacial score (nSPS) is 17.5. The van der Waals surface area contributed by atoms with Crippen LogP contribution in [0.4, 0.5) is 0 Å². The number of likely N-dealkylation sites (N-methyl/N-ethyl adjacent to an activating group) is 1. The molecular formula is C11H14ClNO4S. The highest BCUT2D eigenvalue weighted by Crippen LogP contribution is 2.19. The average molecular weight is 292 g/mol. The highest BCUT2D eigenvalue weighted by Gasteiger charge is 2.26. The summed E-state index contributed by atoms with van der Waals surface area (Å²) in [5.41, 5.74) is 0. The van der Waals surface area contributed by atoms with E-state index in [2.05, 4.69) is 0 Å². The maximum atomic E-state index is 12.2. The van der Waals surface area contributed by atoms with Gasteiger partial charge < -0.3 is 9.47 Å². The van der Waals surface area contributed by atoms with Crippen molar-refractivity contribution in [2.24, 2.45) is 0 Å². The largest absolute Gasteiger partial charge is 0.349 e. The van der Waals surface area contributed by atoms with Crippen LogP contribution < -0.4 is 0 Å². The van der Waals surface area contributed by atoms with Gasteiger partial charge in [0.15, 0.2) is 6.29 Å². The zero-order valence-electron chi connectivity index (χ0n) is 9.87. The number of ether oxygens (including phenoxy) is 2. The molecule has 7 heteroatoms. The summed E-state index contributed by atoms with van der Waals surface area (Å²) in [6.45, 7) is 1.15. The number of hydrogen-bond acceptors (Lipinski definition) is 4. The second-order valence-corrected chi connectivity index (χ2v) is 6.40. The Labute approximate surface area is 111 Å². The standard InChI is InChI=1S/C11H14ClNO4S/c1-13(8-11-16-5-6-17-11)18(14,15)10-4-2-3-9(12)7-10/h2-4,7,11H,5-6,8H2,1H3. The Morgan fingerprint density at radius 3 is 2.67 bits per heavy atom. The lowest BCUT2D eigenvalue weighted by Crippen LogP contribution is -2.34. The van der Waals surface area contributed by atoms with Gasteiger partial charge in [-0.05, 0) is 18.2 Å². The Balaban J connectivity index is 2.14. The van der Waals surface area contributed by atoms with Gasteiger partial charge in [-0.3, -0.25) is 0 Å². The summed E-state index contributed by atoms with van der Waals surface area (Å²) < 4.78 is 36.1. The molecule has 100 valence electrons. The monoisotopic (exact) mass is 291 g/mol. The van der Waals surface area contributed by atoms with E-state index < -0.39 is 16.3 Å². The lowest BCUT2D eigenvalue weighted by Gasteiger charge is -2.20. The Hall–Kier alpha value is -0.660. The molecule has 1 aromatic rings. The van der Waals surface area contributed by atoms with Gasteiger partial charge >= 0.3 is 0 Å². The molecule has 0 amide bonds. The van der Waals surface area contributed by atoms with Crippen molar-refractivity contribution in [3.05, 3.63) is 29.3 Å². The van der Waals surface area contributed by atoms with Crippen LogP contribution in [0.3, 0.4) is 0 Å². The summed E-state index contributed by atoms with van der Waals surface area (Å²) in [5, 5.41) is 0.387. The minimum atomic E-state index is -3.56. The molecule has 18 heavy (non-hydrogen) atoms.